The predicted octanol–water partition coefficient (Wildman–Crippen LogP) is 4.01. The van der Waals surface area contributed by atoms with Gasteiger partial charge in [-0.1, -0.05) is 23.2 Å². The topological polar surface area (TPSA) is 96.0 Å². The number of carbonyl (C=O) groups excluding carboxylic acids is 1. The predicted molar refractivity (Wildman–Crippen MR) is 111 cm³/mol. The second kappa shape index (κ2) is 7.61. The van der Waals surface area contributed by atoms with Crippen LogP contribution in [0.4, 0.5) is 24.5 Å². The summed E-state index contributed by atoms with van der Waals surface area (Å²) in [5.41, 5.74) is -1.48. The van der Waals surface area contributed by atoms with E-state index in [4.69, 9.17) is 23.2 Å². The summed E-state index contributed by atoms with van der Waals surface area (Å²) < 4.78 is 39.2. The number of alkyl halides is 3. The van der Waals surface area contributed by atoms with Gasteiger partial charge in [-0.05, 0) is 30.3 Å². The van der Waals surface area contributed by atoms with E-state index >= 15 is 0 Å². The van der Waals surface area contributed by atoms with Gasteiger partial charge in [-0.3, -0.25) is 19.0 Å². The second-order valence-electron chi connectivity index (χ2n) is 6.93. The van der Waals surface area contributed by atoms with Gasteiger partial charge < -0.3 is 15.6 Å². The van der Waals surface area contributed by atoms with Crippen LogP contribution in [0.5, 0.6) is 0 Å². The lowest BCUT2D eigenvalue weighted by molar-refractivity contribution is -0.137. The Bertz CT molecular complexity index is 1320. The van der Waals surface area contributed by atoms with E-state index in [0.29, 0.717) is 11.2 Å². The van der Waals surface area contributed by atoms with Crippen molar-refractivity contribution in [3.63, 3.8) is 0 Å². The highest BCUT2D eigenvalue weighted by molar-refractivity contribution is 6.45. The fourth-order valence-electron chi connectivity index (χ4n) is 3.50. The van der Waals surface area contributed by atoms with E-state index < -0.39 is 34.8 Å². The van der Waals surface area contributed by atoms with E-state index in [0.717, 1.165) is 24.3 Å². The van der Waals surface area contributed by atoms with Crippen LogP contribution < -0.4 is 21.8 Å². The highest BCUT2D eigenvalue weighted by Crippen LogP contribution is 2.39. The van der Waals surface area contributed by atoms with Crippen molar-refractivity contribution in [2.75, 3.05) is 17.2 Å². The molecule has 0 saturated heterocycles. The van der Waals surface area contributed by atoms with Crippen molar-refractivity contribution in [2.24, 2.45) is 0 Å². The Kier molecular flexibility index (Phi) is 5.22. The molecule has 0 saturated carbocycles. The highest BCUT2D eigenvalue weighted by Gasteiger charge is 2.30. The third kappa shape index (κ3) is 3.88. The number of benzene rings is 2. The Hall–Kier alpha value is -2.98. The summed E-state index contributed by atoms with van der Waals surface area (Å²) in [4.78, 5) is 39.6. The lowest BCUT2D eigenvalue weighted by Crippen LogP contribution is -2.43. The number of halogens is 5. The normalized spacial score (nSPS) is 15.6. The standard InChI is InChI=1S/C19H13Cl2F3N4O3/c20-11-6-12-16-15(14(11)21)25-7-10(28(16)18(31)17(30)27-12)5-13(29)26-9-3-1-8(2-4-9)19(22,23)24/h1-4,6,10,25H,5,7H2,(H,26,29)(H,27,30). The van der Waals surface area contributed by atoms with Crippen LogP contribution in [-0.4, -0.2) is 22.0 Å². The Morgan fingerprint density at radius 1 is 1.19 bits per heavy atom. The van der Waals surface area contributed by atoms with Crippen molar-refractivity contribution in [1.29, 1.82) is 0 Å². The molecular formula is C19H13Cl2F3N4O3. The molecule has 1 aliphatic rings. The van der Waals surface area contributed by atoms with Crippen LogP contribution in [-0.2, 0) is 11.0 Å². The Morgan fingerprint density at radius 2 is 1.87 bits per heavy atom. The van der Waals surface area contributed by atoms with Crippen LogP contribution in [0.15, 0.2) is 39.9 Å². The van der Waals surface area contributed by atoms with Gasteiger partial charge in [0.25, 0.3) is 0 Å². The summed E-state index contributed by atoms with van der Waals surface area (Å²) in [7, 11) is 0. The molecule has 1 amide bonds. The number of nitrogens with zero attached hydrogens (tertiary/aromatic N) is 1. The molecule has 0 spiro atoms. The average Bonchev–Trinajstić information content (AvgIpc) is 2.69. The van der Waals surface area contributed by atoms with E-state index in [1.165, 1.54) is 10.6 Å². The van der Waals surface area contributed by atoms with Crippen LogP contribution in [0.25, 0.3) is 11.0 Å². The molecule has 31 heavy (non-hydrogen) atoms. The zero-order valence-electron chi connectivity index (χ0n) is 15.4. The molecule has 1 atom stereocenters. The number of anilines is 2. The van der Waals surface area contributed by atoms with Gasteiger partial charge >= 0.3 is 17.3 Å². The van der Waals surface area contributed by atoms with Crippen molar-refractivity contribution in [3.8, 4) is 0 Å². The Labute approximate surface area is 181 Å². The molecule has 1 aliphatic heterocycles. The molecular weight excluding hydrogens is 460 g/mol. The van der Waals surface area contributed by atoms with Crippen molar-refractivity contribution in [1.82, 2.24) is 9.55 Å². The van der Waals surface area contributed by atoms with Crippen molar-refractivity contribution in [3.05, 3.63) is 66.6 Å². The van der Waals surface area contributed by atoms with Gasteiger partial charge in [-0.2, -0.15) is 13.2 Å². The summed E-state index contributed by atoms with van der Waals surface area (Å²) >= 11 is 12.3. The molecule has 2 heterocycles. The minimum atomic E-state index is -4.49. The molecule has 3 aromatic rings. The van der Waals surface area contributed by atoms with Gasteiger partial charge in [0.15, 0.2) is 0 Å². The van der Waals surface area contributed by atoms with Crippen LogP contribution in [0, 0.1) is 0 Å². The highest BCUT2D eigenvalue weighted by atomic mass is 35.5. The van der Waals surface area contributed by atoms with Gasteiger partial charge in [0.2, 0.25) is 5.91 Å². The molecule has 3 N–H and O–H groups in total. The van der Waals surface area contributed by atoms with Crippen LogP contribution in [0.2, 0.25) is 10.0 Å². The number of hydrogen-bond acceptors (Lipinski definition) is 4. The summed E-state index contributed by atoms with van der Waals surface area (Å²) in [5.74, 6) is -0.546. The summed E-state index contributed by atoms with van der Waals surface area (Å²) in [6.07, 6.45) is -4.70. The zero-order chi connectivity index (χ0) is 22.5. The SMILES string of the molecule is O=C(CC1CNc2c(Cl)c(Cl)cc3[nH]c(=O)c(=O)n1c23)Nc1ccc(C(F)(F)F)cc1. The first kappa shape index (κ1) is 21.3. The van der Waals surface area contributed by atoms with E-state index in [2.05, 4.69) is 15.6 Å². The van der Waals surface area contributed by atoms with E-state index in [-0.39, 0.29) is 34.2 Å². The largest absolute Gasteiger partial charge is 0.416 e. The average molecular weight is 473 g/mol. The summed E-state index contributed by atoms with van der Waals surface area (Å²) in [6.45, 7) is 0.103. The zero-order valence-corrected chi connectivity index (χ0v) is 17.0. The third-order valence-corrected chi connectivity index (χ3v) is 5.68. The number of hydrogen-bond donors (Lipinski definition) is 3. The van der Waals surface area contributed by atoms with Gasteiger partial charge in [0.1, 0.15) is 0 Å². The van der Waals surface area contributed by atoms with E-state index in [9.17, 15) is 27.6 Å². The van der Waals surface area contributed by atoms with E-state index in [1.807, 2.05) is 0 Å². The molecule has 12 heteroatoms. The van der Waals surface area contributed by atoms with Crippen molar-refractivity contribution >= 4 is 51.5 Å². The monoisotopic (exact) mass is 472 g/mol. The summed E-state index contributed by atoms with van der Waals surface area (Å²) in [5, 5.41) is 5.86. The first-order valence-corrected chi connectivity index (χ1v) is 9.69. The van der Waals surface area contributed by atoms with Crippen molar-refractivity contribution in [2.45, 2.75) is 18.6 Å². The maximum absolute atomic E-state index is 12.7. The first-order valence-electron chi connectivity index (χ1n) is 8.94. The number of aromatic amines is 1. The minimum Gasteiger partial charge on any atom is -0.380 e. The molecule has 0 fully saturated rings. The van der Waals surface area contributed by atoms with Gasteiger partial charge in [0, 0.05) is 18.7 Å². The molecule has 0 radical (unpaired) electrons. The fourth-order valence-corrected chi connectivity index (χ4v) is 3.92. The number of rotatable bonds is 3. The molecule has 1 unspecified atom stereocenters. The molecule has 7 nitrogen and oxygen atoms in total. The number of aromatic nitrogens is 2. The molecule has 2 aromatic carbocycles. The Balaban J connectivity index is 1.64. The van der Waals surface area contributed by atoms with Crippen LogP contribution >= 0.6 is 23.2 Å². The third-order valence-electron chi connectivity index (χ3n) is 4.89. The molecule has 1 aromatic heterocycles. The quantitative estimate of drug-likeness (QED) is 0.501. The number of nitrogens with one attached hydrogen (secondary N) is 3. The number of H-pyrrole nitrogens is 1. The first-order chi connectivity index (χ1) is 14.6. The maximum Gasteiger partial charge on any atom is 0.416 e. The molecule has 162 valence electrons. The van der Waals surface area contributed by atoms with Crippen molar-refractivity contribution < 1.29 is 18.0 Å². The molecule has 0 bridgehead atoms. The minimum absolute atomic E-state index is 0.103. The lowest BCUT2D eigenvalue weighted by Gasteiger charge is -2.29. The van der Waals surface area contributed by atoms with Gasteiger partial charge in [0.05, 0.1) is 38.4 Å². The summed E-state index contributed by atoms with van der Waals surface area (Å²) in [6, 6.07) is 4.64. The number of amides is 1. The lowest BCUT2D eigenvalue weighted by atomic mass is 10.1. The smallest absolute Gasteiger partial charge is 0.380 e. The van der Waals surface area contributed by atoms with Gasteiger partial charge in [-0.15, -0.1) is 0 Å². The maximum atomic E-state index is 12.7. The number of carbonyl (C=O) groups is 1. The fraction of sp³-hybridized carbons (Fsp3) is 0.211. The molecule has 0 aliphatic carbocycles. The van der Waals surface area contributed by atoms with Crippen LogP contribution in [0.1, 0.15) is 18.0 Å². The second-order valence-corrected chi connectivity index (χ2v) is 7.72. The van der Waals surface area contributed by atoms with Crippen LogP contribution in [0.3, 0.4) is 0 Å². The van der Waals surface area contributed by atoms with E-state index in [1.54, 1.807) is 0 Å². The molecule has 4 rings (SSSR count). The van der Waals surface area contributed by atoms with Gasteiger partial charge in [-0.25, -0.2) is 0 Å². The Morgan fingerprint density at radius 3 is 2.52 bits per heavy atom.